The van der Waals surface area contributed by atoms with Gasteiger partial charge < -0.3 is 4.42 Å². The summed E-state index contributed by atoms with van der Waals surface area (Å²) in [6.45, 7) is 0. The Kier molecular flexibility index (Phi) is 6.40. The van der Waals surface area contributed by atoms with Gasteiger partial charge in [-0.15, -0.1) is 0 Å². The van der Waals surface area contributed by atoms with Gasteiger partial charge in [-0.2, -0.15) is 0 Å². The summed E-state index contributed by atoms with van der Waals surface area (Å²) in [6.07, 6.45) is 0. The SMILES string of the molecule is c1ccc2cc(-c3ccc4c(-c5c6ccccc6c(-c6ccc7oc8ccc9ccccc9c8c7c6)c6ccccc56)c5ccccc5cc4c3)ccc2c1. The van der Waals surface area contributed by atoms with Crippen LogP contribution in [0, 0.1) is 0 Å². The lowest BCUT2D eigenvalue weighted by atomic mass is 9.82. The molecule has 11 aromatic carbocycles. The second-order valence-corrected chi connectivity index (χ2v) is 14.8. The van der Waals surface area contributed by atoms with Crippen LogP contribution in [0.2, 0.25) is 0 Å². The van der Waals surface area contributed by atoms with Crippen LogP contribution in [0.15, 0.2) is 199 Å². The molecule has 0 spiro atoms. The van der Waals surface area contributed by atoms with Crippen LogP contribution >= 0.6 is 0 Å². The molecule has 254 valence electrons. The fraction of sp³-hybridized carbons (Fsp3) is 0. The Morgan fingerprint density at radius 2 is 0.727 bits per heavy atom. The maximum Gasteiger partial charge on any atom is 0.136 e. The van der Waals surface area contributed by atoms with Crippen LogP contribution in [0.3, 0.4) is 0 Å². The first-order valence-corrected chi connectivity index (χ1v) is 19.0. The topological polar surface area (TPSA) is 13.1 Å². The van der Waals surface area contributed by atoms with Crippen molar-refractivity contribution in [2.24, 2.45) is 0 Å². The van der Waals surface area contributed by atoms with Gasteiger partial charge in [-0.05, 0) is 134 Å². The summed E-state index contributed by atoms with van der Waals surface area (Å²) >= 11 is 0. The molecule has 0 radical (unpaired) electrons. The van der Waals surface area contributed by atoms with E-state index in [1.807, 2.05) is 0 Å². The molecular weight excluding hydrogens is 665 g/mol. The van der Waals surface area contributed by atoms with Crippen molar-refractivity contribution < 1.29 is 4.42 Å². The van der Waals surface area contributed by atoms with Crippen LogP contribution in [0.4, 0.5) is 0 Å². The Balaban J connectivity index is 1.15. The number of rotatable bonds is 3. The molecule has 0 amide bonds. The van der Waals surface area contributed by atoms with E-state index in [-0.39, 0.29) is 0 Å². The van der Waals surface area contributed by atoms with Crippen molar-refractivity contribution in [1.82, 2.24) is 0 Å². The van der Waals surface area contributed by atoms with Gasteiger partial charge in [-0.1, -0.05) is 158 Å². The fourth-order valence-corrected chi connectivity index (χ4v) is 9.30. The first kappa shape index (κ1) is 30.3. The molecule has 1 heteroatoms. The molecule has 0 aliphatic rings. The number of hydrogen-bond donors (Lipinski definition) is 0. The lowest BCUT2D eigenvalue weighted by Crippen LogP contribution is -1.93. The minimum absolute atomic E-state index is 0.908. The summed E-state index contributed by atoms with van der Waals surface area (Å²) in [4.78, 5) is 0. The number of furan rings is 1. The van der Waals surface area contributed by atoms with E-state index in [1.54, 1.807) is 0 Å². The van der Waals surface area contributed by atoms with Crippen LogP contribution in [0.1, 0.15) is 0 Å². The van der Waals surface area contributed by atoms with Gasteiger partial charge in [0.1, 0.15) is 11.2 Å². The molecule has 0 saturated carbocycles. The molecule has 1 aromatic heterocycles. The average molecular weight is 697 g/mol. The molecule has 12 aromatic rings. The maximum absolute atomic E-state index is 6.44. The van der Waals surface area contributed by atoms with E-state index in [4.69, 9.17) is 4.42 Å². The molecule has 12 rings (SSSR count). The molecule has 0 bridgehead atoms. The lowest BCUT2D eigenvalue weighted by Gasteiger charge is -2.20. The van der Waals surface area contributed by atoms with Crippen molar-refractivity contribution in [2.45, 2.75) is 0 Å². The van der Waals surface area contributed by atoms with E-state index in [1.165, 1.54) is 103 Å². The summed E-state index contributed by atoms with van der Waals surface area (Å²) in [5.74, 6) is 0. The molecular formula is C54H32O. The van der Waals surface area contributed by atoms with Crippen molar-refractivity contribution in [1.29, 1.82) is 0 Å². The van der Waals surface area contributed by atoms with Gasteiger partial charge in [0.05, 0.1) is 0 Å². The second kappa shape index (κ2) is 11.6. The molecule has 55 heavy (non-hydrogen) atoms. The van der Waals surface area contributed by atoms with Gasteiger partial charge in [-0.25, -0.2) is 0 Å². The van der Waals surface area contributed by atoms with Crippen LogP contribution in [-0.4, -0.2) is 0 Å². The highest BCUT2D eigenvalue weighted by molar-refractivity contribution is 6.28. The first-order chi connectivity index (χ1) is 27.3. The molecule has 0 fully saturated rings. The van der Waals surface area contributed by atoms with E-state index in [0.29, 0.717) is 0 Å². The van der Waals surface area contributed by atoms with Crippen molar-refractivity contribution in [2.75, 3.05) is 0 Å². The highest BCUT2D eigenvalue weighted by atomic mass is 16.3. The predicted octanol–water partition coefficient (Wildman–Crippen LogP) is 15.5. The lowest BCUT2D eigenvalue weighted by molar-refractivity contribution is 0.669. The summed E-state index contributed by atoms with van der Waals surface area (Å²) < 4.78 is 6.44. The van der Waals surface area contributed by atoms with Gasteiger partial charge >= 0.3 is 0 Å². The Morgan fingerprint density at radius 3 is 1.47 bits per heavy atom. The first-order valence-electron chi connectivity index (χ1n) is 19.0. The average Bonchev–Trinajstić information content (AvgIpc) is 3.63. The largest absolute Gasteiger partial charge is 0.456 e. The molecule has 0 aliphatic heterocycles. The van der Waals surface area contributed by atoms with E-state index < -0.39 is 0 Å². The fourth-order valence-electron chi connectivity index (χ4n) is 9.30. The van der Waals surface area contributed by atoms with E-state index in [9.17, 15) is 0 Å². The zero-order valence-corrected chi connectivity index (χ0v) is 29.9. The third-order valence-corrected chi connectivity index (χ3v) is 11.8. The molecule has 0 unspecified atom stereocenters. The van der Waals surface area contributed by atoms with E-state index >= 15 is 0 Å². The Bertz CT molecular complexity index is 3490. The molecule has 0 saturated heterocycles. The van der Waals surface area contributed by atoms with Crippen LogP contribution in [0.5, 0.6) is 0 Å². The summed E-state index contributed by atoms with van der Waals surface area (Å²) in [5.41, 5.74) is 9.26. The van der Waals surface area contributed by atoms with Crippen molar-refractivity contribution in [3.8, 4) is 33.4 Å². The summed E-state index contributed by atoms with van der Waals surface area (Å²) in [6, 6.07) is 71.3. The standard InChI is InChI=1S/C54H32O/c1-2-13-35-29-36(22-21-33(35)11-1)37-23-26-43-40(30-37)31-38-14-4-6-16-42(38)53(43)54-46-19-9-7-17-44(46)51(45-18-8-10-20-47(45)54)39-25-27-49-48(32-39)52-41-15-5-3-12-34(41)24-28-50(52)55-49/h1-32H. The number of hydrogen-bond acceptors (Lipinski definition) is 1. The van der Waals surface area contributed by atoms with Crippen molar-refractivity contribution in [3.05, 3.63) is 194 Å². The second-order valence-electron chi connectivity index (χ2n) is 14.8. The third-order valence-electron chi connectivity index (χ3n) is 11.8. The maximum atomic E-state index is 6.44. The van der Waals surface area contributed by atoms with E-state index in [2.05, 4.69) is 194 Å². The minimum Gasteiger partial charge on any atom is -0.456 e. The molecule has 0 aliphatic carbocycles. The van der Waals surface area contributed by atoms with Crippen molar-refractivity contribution >= 4 is 86.6 Å². The van der Waals surface area contributed by atoms with Crippen LogP contribution < -0.4 is 0 Å². The third kappa shape index (κ3) is 4.54. The Hall–Kier alpha value is -7.22. The minimum atomic E-state index is 0.908. The monoisotopic (exact) mass is 696 g/mol. The van der Waals surface area contributed by atoms with Gasteiger partial charge in [0.2, 0.25) is 0 Å². The highest BCUT2D eigenvalue weighted by Crippen LogP contribution is 2.49. The molecule has 1 nitrogen and oxygen atoms in total. The van der Waals surface area contributed by atoms with Gasteiger partial charge in [-0.3, -0.25) is 0 Å². The molecule has 0 N–H and O–H groups in total. The van der Waals surface area contributed by atoms with Gasteiger partial charge in [0, 0.05) is 10.8 Å². The van der Waals surface area contributed by atoms with Crippen molar-refractivity contribution in [3.63, 3.8) is 0 Å². The van der Waals surface area contributed by atoms with Gasteiger partial charge in [0.25, 0.3) is 0 Å². The number of benzene rings is 11. The normalized spacial score (nSPS) is 12.0. The zero-order chi connectivity index (χ0) is 36.0. The predicted molar refractivity (Wildman–Crippen MR) is 235 cm³/mol. The number of fused-ring (bicyclic) bond motifs is 10. The summed E-state index contributed by atoms with van der Waals surface area (Å²) in [7, 11) is 0. The van der Waals surface area contributed by atoms with E-state index in [0.717, 1.165) is 16.6 Å². The van der Waals surface area contributed by atoms with Gasteiger partial charge in [0.15, 0.2) is 0 Å². The zero-order valence-electron chi connectivity index (χ0n) is 29.9. The Morgan fingerprint density at radius 1 is 0.236 bits per heavy atom. The Labute approximate surface area is 317 Å². The van der Waals surface area contributed by atoms with Crippen LogP contribution in [-0.2, 0) is 0 Å². The smallest absolute Gasteiger partial charge is 0.136 e. The summed E-state index contributed by atoms with van der Waals surface area (Å²) in [5, 5.41) is 17.2. The molecule has 1 heterocycles. The van der Waals surface area contributed by atoms with Crippen LogP contribution in [0.25, 0.3) is 120 Å². The quantitative estimate of drug-likeness (QED) is 0.168. The highest BCUT2D eigenvalue weighted by Gasteiger charge is 2.21. The molecule has 0 atom stereocenters.